The predicted molar refractivity (Wildman–Crippen MR) is 78.4 cm³/mol. The second-order valence-corrected chi connectivity index (χ2v) is 6.01. The summed E-state index contributed by atoms with van der Waals surface area (Å²) in [5, 5.41) is 13.0. The normalized spacial score (nSPS) is 21.4. The van der Waals surface area contributed by atoms with Gasteiger partial charge >= 0.3 is 0 Å². The SMILES string of the molecule is OCC1(NCc2ccc(N3CCCC3)cc2)CCC1. The number of anilines is 1. The maximum atomic E-state index is 9.43. The first-order valence-corrected chi connectivity index (χ1v) is 7.51. The van der Waals surface area contributed by atoms with Crippen LogP contribution in [0.4, 0.5) is 5.69 Å². The lowest BCUT2D eigenvalue weighted by Gasteiger charge is -2.41. The van der Waals surface area contributed by atoms with Crippen LogP contribution in [0.15, 0.2) is 24.3 Å². The van der Waals surface area contributed by atoms with E-state index < -0.39 is 0 Å². The average molecular weight is 260 g/mol. The predicted octanol–water partition coefficient (Wildman–Crippen LogP) is 2.29. The van der Waals surface area contributed by atoms with Gasteiger partial charge in [-0.25, -0.2) is 0 Å². The van der Waals surface area contributed by atoms with Crippen LogP contribution in [0, 0.1) is 0 Å². The van der Waals surface area contributed by atoms with E-state index in [2.05, 4.69) is 34.5 Å². The summed E-state index contributed by atoms with van der Waals surface area (Å²) in [6, 6.07) is 8.89. The molecule has 0 spiro atoms. The van der Waals surface area contributed by atoms with Crippen molar-refractivity contribution in [2.45, 2.75) is 44.2 Å². The molecule has 3 rings (SSSR count). The molecule has 0 aromatic heterocycles. The highest BCUT2D eigenvalue weighted by Gasteiger charge is 2.35. The smallest absolute Gasteiger partial charge is 0.0613 e. The number of aliphatic hydroxyl groups excluding tert-OH is 1. The maximum Gasteiger partial charge on any atom is 0.0613 e. The van der Waals surface area contributed by atoms with Crippen LogP contribution in [0.5, 0.6) is 0 Å². The topological polar surface area (TPSA) is 35.5 Å². The molecule has 0 atom stereocenters. The lowest BCUT2D eigenvalue weighted by atomic mass is 9.77. The lowest BCUT2D eigenvalue weighted by molar-refractivity contribution is 0.0872. The summed E-state index contributed by atoms with van der Waals surface area (Å²) < 4.78 is 0. The van der Waals surface area contributed by atoms with Crippen molar-refractivity contribution in [3.63, 3.8) is 0 Å². The molecule has 2 N–H and O–H groups in total. The van der Waals surface area contributed by atoms with Gasteiger partial charge in [0.25, 0.3) is 0 Å². The largest absolute Gasteiger partial charge is 0.394 e. The molecule has 1 aliphatic heterocycles. The number of aliphatic hydroxyl groups is 1. The molecule has 0 bridgehead atoms. The summed E-state index contributed by atoms with van der Waals surface area (Å²) in [5.41, 5.74) is 2.66. The molecule has 1 aromatic rings. The number of benzene rings is 1. The molecule has 2 fully saturated rings. The number of hydrogen-bond donors (Lipinski definition) is 2. The Morgan fingerprint density at radius 1 is 1.05 bits per heavy atom. The van der Waals surface area contributed by atoms with Crippen molar-refractivity contribution in [2.24, 2.45) is 0 Å². The molecular formula is C16H24N2O. The number of hydrogen-bond acceptors (Lipinski definition) is 3. The van der Waals surface area contributed by atoms with Crippen molar-refractivity contribution in [2.75, 3.05) is 24.6 Å². The van der Waals surface area contributed by atoms with Crippen LogP contribution in [0.25, 0.3) is 0 Å². The van der Waals surface area contributed by atoms with Gasteiger partial charge in [-0.05, 0) is 49.8 Å². The van der Waals surface area contributed by atoms with Gasteiger partial charge in [0.15, 0.2) is 0 Å². The highest BCUT2D eigenvalue weighted by atomic mass is 16.3. The Hall–Kier alpha value is -1.06. The van der Waals surface area contributed by atoms with E-state index in [0.29, 0.717) is 0 Å². The first-order chi connectivity index (χ1) is 9.31. The Kier molecular flexibility index (Phi) is 3.76. The van der Waals surface area contributed by atoms with E-state index in [-0.39, 0.29) is 12.1 Å². The zero-order valence-electron chi connectivity index (χ0n) is 11.6. The molecule has 1 aromatic carbocycles. The molecule has 0 radical (unpaired) electrons. The van der Waals surface area contributed by atoms with Crippen LogP contribution in [0.3, 0.4) is 0 Å². The molecule has 1 heterocycles. The zero-order valence-corrected chi connectivity index (χ0v) is 11.6. The second kappa shape index (κ2) is 5.51. The minimum atomic E-state index is 0.00756. The van der Waals surface area contributed by atoms with Crippen LogP contribution in [0.2, 0.25) is 0 Å². The van der Waals surface area contributed by atoms with Crippen molar-refractivity contribution in [1.29, 1.82) is 0 Å². The van der Waals surface area contributed by atoms with Gasteiger partial charge in [-0.1, -0.05) is 12.1 Å². The summed E-state index contributed by atoms with van der Waals surface area (Å²) in [6.07, 6.45) is 6.09. The molecule has 19 heavy (non-hydrogen) atoms. The molecule has 1 saturated heterocycles. The molecule has 3 nitrogen and oxygen atoms in total. The van der Waals surface area contributed by atoms with E-state index in [1.807, 2.05) is 0 Å². The van der Waals surface area contributed by atoms with Crippen LogP contribution >= 0.6 is 0 Å². The quantitative estimate of drug-likeness (QED) is 0.852. The molecular weight excluding hydrogens is 236 g/mol. The summed E-state index contributed by atoms with van der Waals surface area (Å²) in [5.74, 6) is 0. The lowest BCUT2D eigenvalue weighted by Crippen LogP contribution is -2.53. The van der Waals surface area contributed by atoms with Gasteiger partial charge in [0.2, 0.25) is 0 Å². The van der Waals surface area contributed by atoms with Crippen molar-refractivity contribution in [1.82, 2.24) is 5.32 Å². The molecule has 2 aliphatic rings. The van der Waals surface area contributed by atoms with Crippen molar-refractivity contribution >= 4 is 5.69 Å². The fourth-order valence-electron chi connectivity index (χ4n) is 3.08. The van der Waals surface area contributed by atoms with Crippen LogP contribution in [0.1, 0.15) is 37.7 Å². The van der Waals surface area contributed by atoms with Gasteiger partial charge < -0.3 is 15.3 Å². The number of nitrogens with zero attached hydrogens (tertiary/aromatic N) is 1. The zero-order chi connectivity index (χ0) is 13.1. The minimum Gasteiger partial charge on any atom is -0.394 e. The average Bonchev–Trinajstić information content (AvgIpc) is 2.93. The third-order valence-corrected chi connectivity index (χ3v) is 4.69. The van der Waals surface area contributed by atoms with Gasteiger partial charge in [0.05, 0.1) is 6.61 Å². The van der Waals surface area contributed by atoms with Gasteiger partial charge in [-0.2, -0.15) is 0 Å². The number of nitrogens with one attached hydrogen (secondary N) is 1. The van der Waals surface area contributed by atoms with E-state index in [1.165, 1.54) is 43.6 Å². The molecule has 104 valence electrons. The van der Waals surface area contributed by atoms with E-state index in [1.54, 1.807) is 0 Å². The Morgan fingerprint density at radius 3 is 2.26 bits per heavy atom. The van der Waals surface area contributed by atoms with E-state index in [0.717, 1.165) is 19.4 Å². The van der Waals surface area contributed by atoms with E-state index in [4.69, 9.17) is 0 Å². The third-order valence-electron chi connectivity index (χ3n) is 4.69. The van der Waals surface area contributed by atoms with Crippen LogP contribution in [-0.4, -0.2) is 30.3 Å². The van der Waals surface area contributed by atoms with Gasteiger partial charge in [0, 0.05) is 30.9 Å². The van der Waals surface area contributed by atoms with Gasteiger partial charge in [-0.3, -0.25) is 0 Å². The Morgan fingerprint density at radius 2 is 1.74 bits per heavy atom. The Labute approximate surface area is 115 Å². The monoisotopic (exact) mass is 260 g/mol. The van der Waals surface area contributed by atoms with Crippen molar-refractivity contribution < 1.29 is 5.11 Å². The fourth-order valence-corrected chi connectivity index (χ4v) is 3.08. The van der Waals surface area contributed by atoms with Crippen LogP contribution in [-0.2, 0) is 6.54 Å². The molecule has 0 amide bonds. The summed E-state index contributed by atoms with van der Waals surface area (Å²) >= 11 is 0. The van der Waals surface area contributed by atoms with Gasteiger partial charge in [0.1, 0.15) is 0 Å². The standard InChI is InChI=1S/C16H24N2O/c19-13-16(8-3-9-16)17-12-14-4-6-15(7-5-14)18-10-1-2-11-18/h4-7,17,19H,1-3,8-13H2. The first-order valence-electron chi connectivity index (χ1n) is 7.51. The highest BCUT2D eigenvalue weighted by Crippen LogP contribution is 2.31. The van der Waals surface area contributed by atoms with Crippen LogP contribution < -0.4 is 10.2 Å². The molecule has 3 heteroatoms. The van der Waals surface area contributed by atoms with Crippen molar-refractivity contribution in [3.8, 4) is 0 Å². The third kappa shape index (κ3) is 2.77. The Bertz CT molecular complexity index is 400. The van der Waals surface area contributed by atoms with Gasteiger partial charge in [-0.15, -0.1) is 0 Å². The highest BCUT2D eigenvalue weighted by molar-refractivity contribution is 5.48. The summed E-state index contributed by atoms with van der Waals surface area (Å²) in [4.78, 5) is 2.46. The molecule has 0 unspecified atom stereocenters. The number of rotatable bonds is 5. The van der Waals surface area contributed by atoms with E-state index >= 15 is 0 Å². The van der Waals surface area contributed by atoms with E-state index in [9.17, 15) is 5.11 Å². The first kappa shape index (κ1) is 12.9. The molecule has 1 saturated carbocycles. The minimum absolute atomic E-state index is 0.00756. The second-order valence-electron chi connectivity index (χ2n) is 6.01. The summed E-state index contributed by atoms with van der Waals surface area (Å²) in [7, 11) is 0. The van der Waals surface area contributed by atoms with Crippen molar-refractivity contribution in [3.05, 3.63) is 29.8 Å². The summed E-state index contributed by atoms with van der Waals surface area (Å²) in [6.45, 7) is 3.52. The Balaban J connectivity index is 1.56. The maximum absolute atomic E-state index is 9.43. The fraction of sp³-hybridized carbons (Fsp3) is 0.625. The molecule has 1 aliphatic carbocycles.